The molecule has 0 saturated carbocycles. The number of piperidine rings is 6. The predicted octanol–water partition coefficient (Wildman–Crippen LogP) is 6.85. The van der Waals surface area contributed by atoms with Crippen LogP contribution in [-0.4, -0.2) is 79.0 Å². The molecule has 6 heteroatoms. The van der Waals surface area contributed by atoms with Gasteiger partial charge in [-0.05, 0) is 116 Å². The number of nitrogens with one attached hydrogen (secondary N) is 1. The molecule has 272 valence electrons. The van der Waals surface area contributed by atoms with E-state index in [0.29, 0.717) is 30.3 Å². The molecule has 4 aromatic carbocycles. The number of hydrogen-bond acceptors (Lipinski definition) is 5. The molecule has 6 fully saturated rings. The SMILES string of the molecule is N[C@@H]1CN2CCC1CC2.O=C(C[C@@H]1CN2CCC1CC2)N1CCc2ccccc2[C@@H]1c1ccccc1.c1ccc([C@@H]2NCCc3ccccc32)cc1. The molecule has 8 aliphatic rings. The monoisotopic (exact) mass is 695 g/mol. The highest BCUT2D eigenvalue weighted by Gasteiger charge is 2.38. The summed E-state index contributed by atoms with van der Waals surface area (Å²) in [5, 5.41) is 3.59. The summed E-state index contributed by atoms with van der Waals surface area (Å²) < 4.78 is 0. The molecule has 8 aliphatic heterocycles. The molecule has 0 aromatic heterocycles. The summed E-state index contributed by atoms with van der Waals surface area (Å²) in [6.07, 6.45) is 8.08. The Bertz CT molecular complexity index is 1750. The van der Waals surface area contributed by atoms with Crippen LogP contribution in [0.25, 0.3) is 0 Å². The Kier molecular flexibility index (Phi) is 11.2. The number of hydrogen-bond donors (Lipinski definition) is 2. The summed E-state index contributed by atoms with van der Waals surface area (Å²) in [5.74, 6) is 2.51. The topological polar surface area (TPSA) is 64.8 Å². The fraction of sp³-hybridized carbons (Fsp3) is 0.457. The minimum Gasteiger partial charge on any atom is -0.331 e. The normalized spacial score (nSPS) is 29.8. The highest BCUT2D eigenvalue weighted by molar-refractivity contribution is 5.78. The first-order valence-corrected chi connectivity index (χ1v) is 20.1. The quantitative estimate of drug-likeness (QED) is 0.245. The highest BCUT2D eigenvalue weighted by Crippen LogP contribution is 2.39. The van der Waals surface area contributed by atoms with Crippen molar-refractivity contribution in [3.63, 3.8) is 0 Å². The summed E-state index contributed by atoms with van der Waals surface area (Å²) >= 11 is 0. The molecule has 4 bridgehead atoms. The highest BCUT2D eigenvalue weighted by atomic mass is 16.2. The molecule has 4 aromatic rings. The van der Waals surface area contributed by atoms with Crippen molar-refractivity contribution in [2.45, 2.75) is 63.1 Å². The van der Waals surface area contributed by atoms with Crippen molar-refractivity contribution < 1.29 is 4.79 Å². The maximum atomic E-state index is 13.4. The van der Waals surface area contributed by atoms with Crippen LogP contribution in [0.1, 0.15) is 77.6 Å². The van der Waals surface area contributed by atoms with Crippen LogP contribution in [0.15, 0.2) is 109 Å². The molecule has 1 amide bonds. The van der Waals surface area contributed by atoms with Crippen molar-refractivity contribution in [3.05, 3.63) is 143 Å². The van der Waals surface area contributed by atoms with Gasteiger partial charge in [0.2, 0.25) is 5.91 Å². The van der Waals surface area contributed by atoms with Crippen molar-refractivity contribution in [2.75, 3.05) is 52.4 Å². The third-order valence-electron chi connectivity index (χ3n) is 12.9. The Balaban J connectivity index is 0.000000129. The Morgan fingerprint density at radius 3 is 1.75 bits per heavy atom. The van der Waals surface area contributed by atoms with Gasteiger partial charge in [0.15, 0.2) is 0 Å². The van der Waals surface area contributed by atoms with Gasteiger partial charge in [0.05, 0.1) is 12.1 Å². The van der Waals surface area contributed by atoms with Crippen molar-refractivity contribution in [1.29, 1.82) is 0 Å². The summed E-state index contributed by atoms with van der Waals surface area (Å²) in [6.45, 7) is 9.25. The Morgan fingerprint density at radius 1 is 0.615 bits per heavy atom. The van der Waals surface area contributed by atoms with E-state index in [1.165, 1.54) is 85.2 Å². The number of benzene rings is 4. The number of fused-ring (bicyclic) bond motifs is 8. The van der Waals surface area contributed by atoms with Crippen LogP contribution in [0, 0.1) is 17.8 Å². The van der Waals surface area contributed by atoms with Crippen LogP contribution in [-0.2, 0) is 17.6 Å². The molecule has 6 saturated heterocycles. The van der Waals surface area contributed by atoms with Gasteiger partial charge in [-0.25, -0.2) is 0 Å². The Hall–Kier alpha value is -3.81. The minimum atomic E-state index is 0.0599. The van der Waals surface area contributed by atoms with E-state index in [1.807, 2.05) is 0 Å². The number of rotatable bonds is 4. The molecular weight excluding hydrogens is 639 g/mol. The zero-order chi connectivity index (χ0) is 35.3. The minimum absolute atomic E-state index is 0.0599. The lowest BCUT2D eigenvalue weighted by Gasteiger charge is -2.46. The van der Waals surface area contributed by atoms with E-state index in [9.17, 15) is 4.79 Å². The van der Waals surface area contributed by atoms with Gasteiger partial charge in [0.1, 0.15) is 0 Å². The third-order valence-corrected chi connectivity index (χ3v) is 12.9. The average Bonchev–Trinajstić information content (AvgIpc) is 3.22. The third kappa shape index (κ3) is 7.91. The van der Waals surface area contributed by atoms with Gasteiger partial charge in [-0.15, -0.1) is 0 Å². The molecular formula is C46H57N5O. The molecule has 6 nitrogen and oxygen atoms in total. The standard InChI is InChI=1S/C24H28N2O.C15H15N.C7H14N2/c27-23(16-21-17-25-13-10-18(21)11-14-25)26-15-12-19-6-4-5-9-22(19)24(26)20-7-2-1-3-8-20;1-2-7-13(8-3-1)15-14-9-5-4-6-12(14)10-11-16-15;8-7-5-9-3-1-6(7)2-4-9/h1-9,18,21,24H,10-17H2;1-9,15-16H,10-11H2;6-7H,1-5,8H2/t21-,24+;15-;7-/m101/s1. The van der Waals surface area contributed by atoms with E-state index in [-0.39, 0.29) is 6.04 Å². The summed E-state index contributed by atoms with van der Waals surface area (Å²) in [6, 6.07) is 39.5. The van der Waals surface area contributed by atoms with Crippen molar-refractivity contribution in [1.82, 2.24) is 20.0 Å². The first-order valence-electron chi connectivity index (χ1n) is 20.1. The fourth-order valence-corrected chi connectivity index (χ4v) is 9.95. The van der Waals surface area contributed by atoms with E-state index < -0.39 is 0 Å². The largest absolute Gasteiger partial charge is 0.331 e. The summed E-state index contributed by atoms with van der Waals surface area (Å²) in [4.78, 5) is 20.6. The molecule has 12 rings (SSSR count). The van der Waals surface area contributed by atoms with Crippen LogP contribution in [0.4, 0.5) is 0 Å². The average molecular weight is 696 g/mol. The number of amides is 1. The van der Waals surface area contributed by atoms with Crippen molar-refractivity contribution in [3.8, 4) is 0 Å². The lowest BCUT2D eigenvalue weighted by molar-refractivity contribution is -0.136. The predicted molar refractivity (Wildman–Crippen MR) is 211 cm³/mol. The lowest BCUT2D eigenvalue weighted by atomic mass is 9.77. The second kappa shape index (κ2) is 16.5. The molecule has 0 radical (unpaired) electrons. The molecule has 0 aliphatic carbocycles. The second-order valence-electron chi connectivity index (χ2n) is 16.0. The van der Waals surface area contributed by atoms with Crippen LogP contribution in [0.3, 0.4) is 0 Å². The fourth-order valence-electron chi connectivity index (χ4n) is 9.95. The maximum Gasteiger partial charge on any atom is 0.223 e. The number of nitrogens with two attached hydrogens (primary N) is 1. The summed E-state index contributed by atoms with van der Waals surface area (Å²) in [5.41, 5.74) is 14.1. The van der Waals surface area contributed by atoms with E-state index >= 15 is 0 Å². The van der Waals surface area contributed by atoms with Crippen molar-refractivity contribution in [2.24, 2.45) is 23.5 Å². The first-order chi connectivity index (χ1) is 25.6. The maximum absolute atomic E-state index is 13.4. The van der Waals surface area contributed by atoms with Gasteiger partial charge in [-0.1, -0.05) is 109 Å². The van der Waals surface area contributed by atoms with E-state index in [0.717, 1.165) is 50.9 Å². The Labute approximate surface area is 311 Å². The van der Waals surface area contributed by atoms with E-state index in [2.05, 4.69) is 129 Å². The zero-order valence-electron chi connectivity index (χ0n) is 30.8. The van der Waals surface area contributed by atoms with Gasteiger partial charge < -0.3 is 25.8 Å². The van der Waals surface area contributed by atoms with Gasteiger partial charge >= 0.3 is 0 Å². The van der Waals surface area contributed by atoms with Gasteiger partial charge in [0.25, 0.3) is 0 Å². The van der Waals surface area contributed by atoms with Crippen LogP contribution in [0.2, 0.25) is 0 Å². The number of carbonyl (C=O) groups excluding carboxylic acids is 1. The molecule has 3 N–H and O–H groups in total. The van der Waals surface area contributed by atoms with Crippen LogP contribution >= 0.6 is 0 Å². The molecule has 0 unspecified atom stereocenters. The van der Waals surface area contributed by atoms with Crippen LogP contribution in [0.5, 0.6) is 0 Å². The van der Waals surface area contributed by atoms with Crippen LogP contribution < -0.4 is 11.1 Å². The molecule has 52 heavy (non-hydrogen) atoms. The molecule has 4 atom stereocenters. The second-order valence-corrected chi connectivity index (χ2v) is 16.0. The summed E-state index contributed by atoms with van der Waals surface area (Å²) in [7, 11) is 0. The first kappa shape index (κ1) is 35.2. The van der Waals surface area contributed by atoms with Gasteiger partial charge in [0, 0.05) is 38.6 Å². The van der Waals surface area contributed by atoms with E-state index in [1.54, 1.807) is 0 Å². The van der Waals surface area contributed by atoms with Gasteiger partial charge in [-0.2, -0.15) is 0 Å². The smallest absolute Gasteiger partial charge is 0.223 e. The number of nitrogens with zero attached hydrogens (tertiary/aromatic N) is 3. The lowest BCUT2D eigenvalue weighted by Crippen LogP contribution is -2.54. The Morgan fingerprint density at radius 2 is 1.17 bits per heavy atom. The van der Waals surface area contributed by atoms with Crippen molar-refractivity contribution >= 4 is 5.91 Å². The van der Waals surface area contributed by atoms with E-state index in [4.69, 9.17) is 5.73 Å². The molecule has 0 spiro atoms. The van der Waals surface area contributed by atoms with Gasteiger partial charge in [-0.3, -0.25) is 4.79 Å². The number of carbonyl (C=O) groups is 1. The molecule has 8 heterocycles. The zero-order valence-corrected chi connectivity index (χ0v) is 30.8.